The summed E-state index contributed by atoms with van der Waals surface area (Å²) in [5.41, 5.74) is -1.98. The number of anilines is 1. The highest BCUT2D eigenvalue weighted by Crippen LogP contribution is 2.27. The lowest BCUT2D eigenvalue weighted by atomic mass is 10.2. The second-order valence-corrected chi connectivity index (χ2v) is 5.93. The molecule has 156 valence electrons. The largest absolute Gasteiger partial charge is 0.433 e. The topological polar surface area (TPSA) is 62.3 Å². The molecule has 0 fully saturated rings. The molecule has 2 aromatic rings. The first-order chi connectivity index (χ1) is 13.5. The van der Waals surface area contributed by atoms with Crippen molar-refractivity contribution in [3.05, 3.63) is 59.2 Å². The molecular weight excluding hydrogens is 404 g/mol. The Labute approximate surface area is 161 Å². The van der Waals surface area contributed by atoms with Gasteiger partial charge in [-0.15, -0.1) is 0 Å². The molecule has 1 aromatic heterocycles. The predicted octanol–water partition coefficient (Wildman–Crippen LogP) is 4.01. The number of halogens is 6. The molecule has 0 radical (unpaired) electrons. The lowest BCUT2D eigenvalue weighted by Crippen LogP contribution is -2.38. The maximum Gasteiger partial charge on any atom is 0.433 e. The third-order valence-corrected chi connectivity index (χ3v) is 3.73. The van der Waals surface area contributed by atoms with Crippen molar-refractivity contribution in [1.29, 1.82) is 0 Å². The van der Waals surface area contributed by atoms with E-state index < -0.39 is 53.4 Å². The van der Waals surface area contributed by atoms with Gasteiger partial charge < -0.3 is 10.2 Å². The van der Waals surface area contributed by atoms with Gasteiger partial charge in [0.05, 0.1) is 11.3 Å². The summed E-state index contributed by atoms with van der Waals surface area (Å²) in [5.74, 6) is -6.47. The number of rotatable bonds is 6. The smallest absolute Gasteiger partial charge is 0.329 e. The summed E-state index contributed by atoms with van der Waals surface area (Å²) in [4.78, 5) is 28.8. The number of carbonyl (C=O) groups is 2. The van der Waals surface area contributed by atoms with Gasteiger partial charge in [-0.25, -0.2) is 13.2 Å². The molecule has 29 heavy (non-hydrogen) atoms. The maximum atomic E-state index is 13.7. The van der Waals surface area contributed by atoms with Gasteiger partial charge in [0, 0.05) is 12.7 Å². The van der Waals surface area contributed by atoms with Crippen molar-refractivity contribution >= 4 is 17.5 Å². The third kappa shape index (κ3) is 5.46. The van der Waals surface area contributed by atoms with Gasteiger partial charge in [-0.1, -0.05) is 6.92 Å². The van der Waals surface area contributed by atoms with Crippen LogP contribution in [0.4, 0.5) is 32.0 Å². The summed E-state index contributed by atoms with van der Waals surface area (Å²) in [6.07, 6.45) is -3.52. The lowest BCUT2D eigenvalue weighted by Gasteiger charge is -2.22. The van der Waals surface area contributed by atoms with E-state index in [2.05, 4.69) is 4.98 Å². The van der Waals surface area contributed by atoms with Gasteiger partial charge in [0.1, 0.15) is 12.2 Å². The van der Waals surface area contributed by atoms with Gasteiger partial charge in [-0.05, 0) is 30.7 Å². The van der Waals surface area contributed by atoms with E-state index in [1.54, 1.807) is 6.92 Å². The van der Waals surface area contributed by atoms with E-state index in [-0.39, 0.29) is 12.1 Å². The van der Waals surface area contributed by atoms with Gasteiger partial charge in [-0.2, -0.15) is 13.2 Å². The summed E-state index contributed by atoms with van der Waals surface area (Å²) in [6.45, 7) is 1.16. The Bertz CT molecular complexity index is 900. The van der Waals surface area contributed by atoms with Crippen LogP contribution >= 0.6 is 0 Å². The van der Waals surface area contributed by atoms with E-state index in [1.807, 2.05) is 5.32 Å². The second-order valence-electron chi connectivity index (χ2n) is 5.93. The summed E-state index contributed by atoms with van der Waals surface area (Å²) in [5, 5.41) is 2.02. The fraction of sp³-hybridized carbons (Fsp3) is 0.278. The molecule has 1 aromatic carbocycles. The number of amides is 2. The number of pyridine rings is 1. The number of nitrogens with zero attached hydrogens (tertiary/aromatic N) is 2. The van der Waals surface area contributed by atoms with Gasteiger partial charge in [0.25, 0.3) is 5.91 Å². The van der Waals surface area contributed by atoms with Crippen LogP contribution < -0.4 is 5.32 Å². The number of nitrogens with one attached hydrogen (secondary N) is 1. The average Bonchev–Trinajstić information content (AvgIpc) is 2.67. The molecule has 2 amide bonds. The Morgan fingerprint density at radius 2 is 1.76 bits per heavy atom. The summed E-state index contributed by atoms with van der Waals surface area (Å²) in [6, 6.07) is 3.00. The Kier molecular flexibility index (Phi) is 6.83. The van der Waals surface area contributed by atoms with Gasteiger partial charge in [0.15, 0.2) is 17.5 Å². The van der Waals surface area contributed by atoms with Crippen molar-refractivity contribution in [3.8, 4) is 0 Å². The highest BCUT2D eigenvalue weighted by molar-refractivity contribution is 5.99. The van der Waals surface area contributed by atoms with E-state index >= 15 is 0 Å². The first-order valence-corrected chi connectivity index (χ1v) is 8.30. The summed E-state index contributed by atoms with van der Waals surface area (Å²) < 4.78 is 77.6. The van der Waals surface area contributed by atoms with Crippen molar-refractivity contribution in [3.63, 3.8) is 0 Å². The molecule has 1 N–H and O–H groups in total. The molecule has 1 heterocycles. The van der Waals surface area contributed by atoms with Gasteiger partial charge >= 0.3 is 6.18 Å². The molecule has 0 unspecified atom stereocenters. The molecule has 0 aliphatic rings. The maximum absolute atomic E-state index is 13.7. The summed E-state index contributed by atoms with van der Waals surface area (Å²) in [7, 11) is 0. The minimum absolute atomic E-state index is 0.0630. The van der Waals surface area contributed by atoms with Crippen LogP contribution in [0.15, 0.2) is 30.5 Å². The van der Waals surface area contributed by atoms with Crippen molar-refractivity contribution in [1.82, 2.24) is 9.88 Å². The Morgan fingerprint density at radius 1 is 1.07 bits per heavy atom. The zero-order valence-electron chi connectivity index (χ0n) is 15.0. The quantitative estimate of drug-likeness (QED) is 0.569. The van der Waals surface area contributed by atoms with Crippen LogP contribution in [0.2, 0.25) is 0 Å². The Morgan fingerprint density at radius 3 is 2.31 bits per heavy atom. The Balaban J connectivity index is 2.13. The third-order valence-electron chi connectivity index (χ3n) is 3.73. The lowest BCUT2D eigenvalue weighted by molar-refractivity contribution is -0.141. The van der Waals surface area contributed by atoms with Crippen molar-refractivity contribution in [2.45, 2.75) is 19.5 Å². The Hall–Kier alpha value is -3.11. The molecule has 0 aliphatic carbocycles. The molecule has 11 heteroatoms. The number of alkyl halides is 3. The minimum atomic E-state index is -4.67. The highest BCUT2D eigenvalue weighted by atomic mass is 19.4. The predicted molar refractivity (Wildman–Crippen MR) is 90.4 cm³/mol. The summed E-state index contributed by atoms with van der Waals surface area (Å²) >= 11 is 0. The number of carbonyl (C=O) groups excluding carboxylic acids is 2. The molecule has 0 saturated carbocycles. The first-order valence-electron chi connectivity index (χ1n) is 8.30. The molecule has 5 nitrogen and oxygen atoms in total. The standard InChI is InChI=1S/C18H15F6N3O2/c1-2-7-27(17(29)10-3-6-13(25-8-10)18(22,23)24)9-14(28)26-12-5-4-11(19)15(20)16(12)21/h3-6,8H,2,7,9H2,1H3,(H,26,28). The number of hydrogen-bond acceptors (Lipinski definition) is 3. The second kappa shape index (κ2) is 8.93. The van der Waals surface area contributed by atoms with Crippen LogP contribution in [0.5, 0.6) is 0 Å². The number of aromatic nitrogens is 1. The molecule has 2 rings (SSSR count). The van der Waals surface area contributed by atoms with E-state index in [0.717, 1.165) is 23.2 Å². The van der Waals surface area contributed by atoms with Crippen LogP contribution in [0.3, 0.4) is 0 Å². The number of hydrogen-bond donors (Lipinski definition) is 1. The van der Waals surface area contributed by atoms with Crippen LogP contribution in [0, 0.1) is 17.5 Å². The van der Waals surface area contributed by atoms with E-state index in [9.17, 15) is 35.9 Å². The van der Waals surface area contributed by atoms with Crippen molar-refractivity contribution in [2.24, 2.45) is 0 Å². The SMILES string of the molecule is CCCN(CC(=O)Nc1ccc(F)c(F)c1F)C(=O)c1ccc(C(F)(F)F)nc1. The van der Waals surface area contributed by atoms with E-state index in [0.29, 0.717) is 18.6 Å². The zero-order chi connectivity index (χ0) is 21.8. The molecule has 0 aliphatic heterocycles. The monoisotopic (exact) mass is 419 g/mol. The van der Waals surface area contributed by atoms with E-state index in [4.69, 9.17) is 0 Å². The van der Waals surface area contributed by atoms with Crippen LogP contribution in [-0.4, -0.2) is 34.8 Å². The van der Waals surface area contributed by atoms with Crippen LogP contribution in [-0.2, 0) is 11.0 Å². The van der Waals surface area contributed by atoms with Crippen molar-refractivity contribution < 1.29 is 35.9 Å². The molecule has 0 atom stereocenters. The van der Waals surface area contributed by atoms with E-state index in [1.165, 1.54) is 0 Å². The molecular formula is C18H15F6N3O2. The average molecular weight is 419 g/mol. The fourth-order valence-electron chi connectivity index (χ4n) is 2.38. The van der Waals surface area contributed by atoms with Gasteiger partial charge in [0.2, 0.25) is 5.91 Å². The molecule has 0 spiro atoms. The first kappa shape index (κ1) is 22.2. The zero-order valence-corrected chi connectivity index (χ0v) is 15.0. The van der Waals surface area contributed by atoms with Crippen molar-refractivity contribution in [2.75, 3.05) is 18.4 Å². The van der Waals surface area contributed by atoms with Crippen LogP contribution in [0.25, 0.3) is 0 Å². The fourth-order valence-corrected chi connectivity index (χ4v) is 2.38. The molecule has 0 saturated heterocycles. The highest BCUT2D eigenvalue weighted by Gasteiger charge is 2.32. The molecule has 0 bridgehead atoms. The normalized spacial score (nSPS) is 11.3. The minimum Gasteiger partial charge on any atom is -0.329 e. The number of benzene rings is 1. The van der Waals surface area contributed by atoms with Gasteiger partial charge in [-0.3, -0.25) is 14.6 Å². The van der Waals surface area contributed by atoms with Crippen LogP contribution in [0.1, 0.15) is 29.4 Å².